The molecule has 0 spiro atoms. The van der Waals surface area contributed by atoms with Crippen LogP contribution in [0.25, 0.3) is 0 Å². The second-order valence-electron chi connectivity index (χ2n) is 6.70. The van der Waals surface area contributed by atoms with E-state index in [2.05, 4.69) is 26.8 Å². The Bertz CT molecular complexity index is 471. The van der Waals surface area contributed by atoms with Crippen LogP contribution < -0.4 is 4.74 Å². The van der Waals surface area contributed by atoms with Crippen molar-refractivity contribution in [2.24, 2.45) is 0 Å². The molecule has 2 unspecified atom stereocenters. The quantitative estimate of drug-likeness (QED) is 0.746. The third-order valence-electron chi connectivity index (χ3n) is 4.32. The number of rotatable bonds is 0. The van der Waals surface area contributed by atoms with Crippen LogP contribution in [0.3, 0.4) is 0 Å². The van der Waals surface area contributed by atoms with Crippen molar-refractivity contribution in [1.29, 1.82) is 0 Å². The van der Waals surface area contributed by atoms with E-state index >= 15 is 0 Å². The average molecular weight is 246 g/mol. The van der Waals surface area contributed by atoms with Crippen LogP contribution in [0.4, 0.5) is 0 Å². The molecule has 3 rings (SSSR count). The van der Waals surface area contributed by atoms with Gasteiger partial charge in [-0.1, -0.05) is 27.2 Å². The highest BCUT2D eigenvalue weighted by molar-refractivity contribution is 5.52. The summed E-state index contributed by atoms with van der Waals surface area (Å²) in [7, 11) is 0. The van der Waals surface area contributed by atoms with E-state index in [1.165, 1.54) is 24.8 Å². The Morgan fingerprint density at radius 1 is 1.17 bits per heavy atom. The molecule has 1 heterocycles. The number of hydrogen-bond acceptors (Lipinski definition) is 2. The van der Waals surface area contributed by atoms with Gasteiger partial charge in [0.05, 0.1) is 0 Å². The number of benzene rings is 1. The number of phenolic OH excluding ortho intramolecular Hbond substituents is 1. The molecule has 2 nitrogen and oxygen atoms in total. The van der Waals surface area contributed by atoms with Gasteiger partial charge in [0.25, 0.3) is 0 Å². The van der Waals surface area contributed by atoms with E-state index in [1.807, 2.05) is 6.07 Å². The lowest BCUT2D eigenvalue weighted by Crippen LogP contribution is -2.22. The van der Waals surface area contributed by atoms with E-state index < -0.39 is 0 Å². The van der Waals surface area contributed by atoms with Crippen molar-refractivity contribution in [2.45, 2.75) is 63.9 Å². The first-order valence-corrected chi connectivity index (χ1v) is 7.01. The molecular formula is C16H22O2. The van der Waals surface area contributed by atoms with Gasteiger partial charge in [-0.3, -0.25) is 0 Å². The summed E-state index contributed by atoms with van der Waals surface area (Å²) in [5.41, 5.74) is 2.17. The molecule has 2 atom stereocenters. The third-order valence-corrected chi connectivity index (χ3v) is 4.32. The molecule has 0 amide bonds. The predicted octanol–water partition coefficient (Wildman–Crippen LogP) is 4.11. The van der Waals surface area contributed by atoms with Crippen LogP contribution in [0.1, 0.15) is 63.5 Å². The Morgan fingerprint density at radius 2 is 1.89 bits per heavy atom. The fourth-order valence-corrected chi connectivity index (χ4v) is 3.33. The van der Waals surface area contributed by atoms with Crippen molar-refractivity contribution in [2.75, 3.05) is 0 Å². The fraction of sp³-hybridized carbons (Fsp3) is 0.625. The molecule has 1 aliphatic heterocycles. The maximum absolute atomic E-state index is 10.2. The molecule has 2 heteroatoms. The summed E-state index contributed by atoms with van der Waals surface area (Å²) in [6.45, 7) is 6.36. The summed E-state index contributed by atoms with van der Waals surface area (Å²) in [5, 5.41) is 10.2. The highest BCUT2D eigenvalue weighted by Gasteiger charge is 2.37. The highest BCUT2D eigenvalue weighted by atomic mass is 16.5. The molecule has 0 radical (unpaired) electrons. The highest BCUT2D eigenvalue weighted by Crippen LogP contribution is 2.48. The van der Waals surface area contributed by atoms with Gasteiger partial charge in [0.15, 0.2) is 0 Å². The maximum Gasteiger partial charge on any atom is 0.123 e. The number of aromatic hydroxyl groups is 1. The summed E-state index contributed by atoms with van der Waals surface area (Å²) in [6, 6.07) is 4.01. The lowest BCUT2D eigenvalue weighted by Gasteiger charge is -2.23. The summed E-state index contributed by atoms with van der Waals surface area (Å²) < 4.78 is 6.09. The fourth-order valence-electron chi connectivity index (χ4n) is 3.33. The number of hydrogen-bond donors (Lipinski definition) is 1. The zero-order valence-electron chi connectivity index (χ0n) is 11.5. The Hall–Kier alpha value is -1.18. The first-order chi connectivity index (χ1) is 8.47. The Kier molecular flexibility index (Phi) is 2.58. The lowest BCUT2D eigenvalue weighted by molar-refractivity contribution is 0.164. The van der Waals surface area contributed by atoms with E-state index in [-0.39, 0.29) is 5.41 Å². The topological polar surface area (TPSA) is 29.5 Å². The molecule has 1 fully saturated rings. The minimum absolute atomic E-state index is 0.0454. The smallest absolute Gasteiger partial charge is 0.123 e. The summed E-state index contributed by atoms with van der Waals surface area (Å²) in [4.78, 5) is 0. The molecule has 2 aliphatic rings. The summed E-state index contributed by atoms with van der Waals surface area (Å²) >= 11 is 0. The SMILES string of the molecule is CC(C)(C)c1cc2c(cc1O)C1CCCCC1O2. The molecule has 1 aromatic rings. The van der Waals surface area contributed by atoms with Gasteiger partial charge in [-0.05, 0) is 36.8 Å². The Labute approximate surface area is 109 Å². The van der Waals surface area contributed by atoms with Crippen LogP contribution in [-0.2, 0) is 5.41 Å². The van der Waals surface area contributed by atoms with E-state index in [9.17, 15) is 5.11 Å². The van der Waals surface area contributed by atoms with E-state index in [0.29, 0.717) is 17.8 Å². The van der Waals surface area contributed by atoms with Crippen molar-refractivity contribution in [3.8, 4) is 11.5 Å². The molecule has 98 valence electrons. The monoisotopic (exact) mass is 246 g/mol. The zero-order chi connectivity index (χ0) is 12.9. The number of fused-ring (bicyclic) bond motifs is 3. The van der Waals surface area contributed by atoms with Gasteiger partial charge < -0.3 is 9.84 Å². The van der Waals surface area contributed by atoms with Crippen molar-refractivity contribution in [3.63, 3.8) is 0 Å². The van der Waals surface area contributed by atoms with Crippen LogP contribution in [0.2, 0.25) is 0 Å². The van der Waals surface area contributed by atoms with Crippen LogP contribution in [0.15, 0.2) is 12.1 Å². The van der Waals surface area contributed by atoms with Crippen LogP contribution in [-0.4, -0.2) is 11.2 Å². The number of phenols is 1. The van der Waals surface area contributed by atoms with Crippen molar-refractivity contribution >= 4 is 0 Å². The normalized spacial score (nSPS) is 26.4. The van der Waals surface area contributed by atoms with Crippen molar-refractivity contribution < 1.29 is 9.84 Å². The third kappa shape index (κ3) is 1.79. The molecule has 0 bridgehead atoms. The van der Waals surface area contributed by atoms with Gasteiger partial charge in [0.1, 0.15) is 17.6 Å². The standard InChI is InChI=1S/C16H22O2/c1-16(2,3)12-9-15-11(8-13(12)17)10-6-4-5-7-14(10)18-15/h8-10,14,17H,4-7H2,1-3H3. The van der Waals surface area contributed by atoms with Gasteiger partial charge >= 0.3 is 0 Å². The van der Waals surface area contributed by atoms with Crippen molar-refractivity contribution in [1.82, 2.24) is 0 Å². The molecule has 1 aromatic carbocycles. The largest absolute Gasteiger partial charge is 0.508 e. The Morgan fingerprint density at radius 3 is 2.61 bits per heavy atom. The first-order valence-electron chi connectivity index (χ1n) is 7.01. The van der Waals surface area contributed by atoms with Gasteiger partial charge in [-0.15, -0.1) is 0 Å². The molecule has 0 saturated heterocycles. The van der Waals surface area contributed by atoms with E-state index in [1.54, 1.807) is 0 Å². The van der Waals surface area contributed by atoms with E-state index in [0.717, 1.165) is 17.7 Å². The molecule has 18 heavy (non-hydrogen) atoms. The molecule has 1 saturated carbocycles. The second-order valence-corrected chi connectivity index (χ2v) is 6.70. The van der Waals surface area contributed by atoms with Crippen molar-refractivity contribution in [3.05, 3.63) is 23.3 Å². The second kappa shape index (κ2) is 3.91. The van der Waals surface area contributed by atoms with Crippen LogP contribution in [0, 0.1) is 0 Å². The van der Waals surface area contributed by atoms with E-state index in [4.69, 9.17) is 4.74 Å². The van der Waals surface area contributed by atoms with Gasteiger partial charge in [-0.2, -0.15) is 0 Å². The predicted molar refractivity (Wildman–Crippen MR) is 72.4 cm³/mol. The van der Waals surface area contributed by atoms with Gasteiger partial charge in [-0.25, -0.2) is 0 Å². The van der Waals surface area contributed by atoms with Gasteiger partial charge in [0, 0.05) is 17.0 Å². The van der Waals surface area contributed by atoms with Gasteiger partial charge in [0.2, 0.25) is 0 Å². The maximum atomic E-state index is 10.2. The lowest BCUT2D eigenvalue weighted by atomic mass is 9.81. The minimum atomic E-state index is -0.0454. The first kappa shape index (κ1) is 11.9. The van der Waals surface area contributed by atoms with Crippen LogP contribution >= 0.6 is 0 Å². The molecule has 0 aromatic heterocycles. The number of ether oxygens (including phenoxy) is 1. The molecule has 1 aliphatic carbocycles. The average Bonchev–Trinajstić information content (AvgIpc) is 2.65. The zero-order valence-corrected chi connectivity index (χ0v) is 11.5. The minimum Gasteiger partial charge on any atom is -0.508 e. The molecule has 1 N–H and O–H groups in total. The molecular weight excluding hydrogens is 224 g/mol. The summed E-state index contributed by atoms with van der Waals surface area (Å²) in [6.07, 6.45) is 5.26. The summed E-state index contributed by atoms with van der Waals surface area (Å²) in [5.74, 6) is 1.94. The van der Waals surface area contributed by atoms with Crippen LogP contribution in [0.5, 0.6) is 11.5 Å². The Balaban J connectivity index is 2.04.